The van der Waals surface area contributed by atoms with Crippen molar-refractivity contribution in [2.45, 2.75) is 26.8 Å². The highest BCUT2D eigenvalue weighted by Gasteiger charge is 2.31. The Bertz CT molecular complexity index is 691. The molecular formula is C17H18N2O. The van der Waals surface area contributed by atoms with E-state index in [2.05, 4.69) is 13.0 Å². The molecule has 1 amide bonds. The molecule has 3 nitrogen and oxygen atoms in total. The average molecular weight is 266 g/mol. The Hall–Kier alpha value is -2.29. The fraction of sp³-hybridized carbons (Fsp3) is 0.235. The highest BCUT2D eigenvalue weighted by Crippen LogP contribution is 2.35. The zero-order valence-electron chi connectivity index (χ0n) is 11.8. The lowest BCUT2D eigenvalue weighted by atomic mass is 10.0. The van der Waals surface area contributed by atoms with Gasteiger partial charge in [-0.15, -0.1) is 0 Å². The van der Waals surface area contributed by atoms with Crippen molar-refractivity contribution in [2.24, 2.45) is 0 Å². The van der Waals surface area contributed by atoms with Gasteiger partial charge in [-0.3, -0.25) is 4.79 Å². The number of nitrogens with two attached hydrogens (primary N) is 1. The topological polar surface area (TPSA) is 46.3 Å². The first-order valence-corrected chi connectivity index (χ1v) is 6.91. The zero-order valence-corrected chi connectivity index (χ0v) is 11.8. The van der Waals surface area contributed by atoms with E-state index in [1.54, 1.807) is 0 Å². The predicted octanol–water partition coefficient (Wildman–Crippen LogP) is 3.30. The normalized spacial score (nSPS) is 13.7. The molecule has 0 aromatic heterocycles. The zero-order chi connectivity index (χ0) is 14.3. The van der Waals surface area contributed by atoms with Crippen molar-refractivity contribution < 1.29 is 4.79 Å². The van der Waals surface area contributed by atoms with Gasteiger partial charge in [0.2, 0.25) is 0 Å². The summed E-state index contributed by atoms with van der Waals surface area (Å²) in [5.41, 5.74) is 11.7. The number of nitrogen functional groups attached to an aromatic ring is 1. The number of hydrogen-bond acceptors (Lipinski definition) is 2. The predicted molar refractivity (Wildman–Crippen MR) is 81.9 cm³/mol. The molecule has 20 heavy (non-hydrogen) atoms. The van der Waals surface area contributed by atoms with Crippen LogP contribution in [0.4, 0.5) is 11.4 Å². The van der Waals surface area contributed by atoms with Crippen molar-refractivity contribution in [3.63, 3.8) is 0 Å². The second-order valence-corrected chi connectivity index (χ2v) is 5.20. The molecule has 0 saturated heterocycles. The Morgan fingerprint density at radius 2 is 1.95 bits per heavy atom. The molecule has 2 N–H and O–H groups in total. The maximum absolute atomic E-state index is 12.6. The minimum Gasteiger partial charge on any atom is -0.398 e. The summed E-state index contributed by atoms with van der Waals surface area (Å²) in [6.45, 7) is 4.73. The molecule has 0 saturated carbocycles. The Labute approximate surface area is 119 Å². The van der Waals surface area contributed by atoms with Crippen LogP contribution in [0.1, 0.15) is 34.0 Å². The van der Waals surface area contributed by atoms with E-state index in [-0.39, 0.29) is 5.91 Å². The summed E-state index contributed by atoms with van der Waals surface area (Å²) in [6.07, 6.45) is 0.909. The number of rotatable bonds is 2. The molecule has 0 radical (unpaired) electrons. The van der Waals surface area contributed by atoms with Crippen LogP contribution in [0.15, 0.2) is 36.4 Å². The Morgan fingerprint density at radius 3 is 2.65 bits per heavy atom. The fourth-order valence-corrected chi connectivity index (χ4v) is 2.93. The number of amides is 1. The largest absolute Gasteiger partial charge is 0.398 e. The number of fused-ring (bicyclic) bond motifs is 1. The number of hydrogen-bond donors (Lipinski definition) is 1. The molecule has 1 heterocycles. The van der Waals surface area contributed by atoms with Crippen LogP contribution in [0.5, 0.6) is 0 Å². The van der Waals surface area contributed by atoms with E-state index in [0.717, 1.165) is 28.8 Å². The molecule has 3 rings (SSSR count). The minimum atomic E-state index is 0.0521. The lowest BCUT2D eigenvalue weighted by molar-refractivity contribution is 0.0996. The van der Waals surface area contributed by atoms with Gasteiger partial charge in [-0.1, -0.05) is 31.2 Å². The van der Waals surface area contributed by atoms with Crippen molar-refractivity contribution in [1.29, 1.82) is 0 Å². The number of aryl methyl sites for hydroxylation is 2. The lowest BCUT2D eigenvalue weighted by Gasteiger charge is -2.21. The molecule has 3 heteroatoms. The van der Waals surface area contributed by atoms with E-state index in [9.17, 15) is 4.79 Å². The highest BCUT2D eigenvalue weighted by molar-refractivity contribution is 6.11. The number of nitrogens with zero attached hydrogens (tertiary/aromatic N) is 1. The van der Waals surface area contributed by atoms with Crippen molar-refractivity contribution in [2.75, 3.05) is 10.6 Å². The van der Waals surface area contributed by atoms with Crippen LogP contribution >= 0.6 is 0 Å². The summed E-state index contributed by atoms with van der Waals surface area (Å²) in [5.74, 6) is 0.0521. The first-order valence-electron chi connectivity index (χ1n) is 6.91. The number of carbonyl (C=O) groups is 1. The highest BCUT2D eigenvalue weighted by atomic mass is 16.2. The quantitative estimate of drug-likeness (QED) is 0.848. The van der Waals surface area contributed by atoms with Gasteiger partial charge in [0.05, 0.1) is 12.2 Å². The second-order valence-electron chi connectivity index (χ2n) is 5.20. The SMILES string of the molecule is CCc1cccc(C)c1N1Cc2c(N)cccc2C1=O. The monoisotopic (exact) mass is 266 g/mol. The van der Waals surface area contributed by atoms with Crippen LogP contribution in [0.3, 0.4) is 0 Å². The van der Waals surface area contributed by atoms with Gasteiger partial charge in [-0.25, -0.2) is 0 Å². The van der Waals surface area contributed by atoms with E-state index < -0.39 is 0 Å². The molecule has 102 valence electrons. The molecule has 0 bridgehead atoms. The molecule has 0 fully saturated rings. The number of anilines is 2. The molecule has 2 aromatic carbocycles. The molecule has 0 unspecified atom stereocenters. The standard InChI is InChI=1S/C17H18N2O/c1-3-12-7-4-6-11(2)16(12)19-10-14-13(17(19)20)8-5-9-15(14)18/h4-9H,3,10,18H2,1-2H3. The van der Waals surface area contributed by atoms with Crippen molar-refractivity contribution in [3.8, 4) is 0 Å². The minimum absolute atomic E-state index is 0.0521. The fourth-order valence-electron chi connectivity index (χ4n) is 2.93. The van der Waals surface area contributed by atoms with Gasteiger partial charge in [0.1, 0.15) is 0 Å². The van der Waals surface area contributed by atoms with E-state index in [1.807, 2.05) is 42.2 Å². The molecular weight excluding hydrogens is 248 g/mol. The number of carbonyl (C=O) groups excluding carboxylic acids is 1. The summed E-state index contributed by atoms with van der Waals surface area (Å²) in [4.78, 5) is 14.5. The number of para-hydroxylation sites is 1. The van der Waals surface area contributed by atoms with Crippen LogP contribution in [-0.2, 0) is 13.0 Å². The molecule has 0 aliphatic carbocycles. The summed E-state index contributed by atoms with van der Waals surface area (Å²) in [6, 6.07) is 11.7. The maximum Gasteiger partial charge on any atom is 0.259 e. The van der Waals surface area contributed by atoms with Crippen LogP contribution in [0.25, 0.3) is 0 Å². The van der Waals surface area contributed by atoms with E-state index in [4.69, 9.17) is 5.73 Å². The van der Waals surface area contributed by atoms with Crippen molar-refractivity contribution in [3.05, 3.63) is 58.7 Å². The maximum atomic E-state index is 12.6. The first kappa shape index (κ1) is 12.7. The van der Waals surface area contributed by atoms with Crippen LogP contribution < -0.4 is 10.6 Å². The van der Waals surface area contributed by atoms with Crippen molar-refractivity contribution in [1.82, 2.24) is 0 Å². The lowest BCUT2D eigenvalue weighted by Crippen LogP contribution is -2.25. The van der Waals surface area contributed by atoms with Gasteiger partial charge in [-0.2, -0.15) is 0 Å². The molecule has 0 spiro atoms. The summed E-state index contributed by atoms with van der Waals surface area (Å²) >= 11 is 0. The van der Waals surface area contributed by atoms with Crippen LogP contribution in [0.2, 0.25) is 0 Å². The summed E-state index contributed by atoms with van der Waals surface area (Å²) in [5, 5.41) is 0. The Balaban J connectivity index is 2.12. The molecule has 0 atom stereocenters. The van der Waals surface area contributed by atoms with Gasteiger partial charge < -0.3 is 10.6 Å². The summed E-state index contributed by atoms with van der Waals surface area (Å²) < 4.78 is 0. The average Bonchev–Trinajstić information content (AvgIpc) is 2.77. The van der Waals surface area contributed by atoms with Crippen molar-refractivity contribution >= 4 is 17.3 Å². The van der Waals surface area contributed by atoms with E-state index in [0.29, 0.717) is 12.2 Å². The number of benzene rings is 2. The second kappa shape index (κ2) is 4.67. The van der Waals surface area contributed by atoms with Gasteiger partial charge in [0.15, 0.2) is 0 Å². The third kappa shape index (κ3) is 1.78. The smallest absolute Gasteiger partial charge is 0.259 e. The van der Waals surface area contributed by atoms with Gasteiger partial charge >= 0.3 is 0 Å². The van der Waals surface area contributed by atoms with E-state index in [1.165, 1.54) is 5.56 Å². The van der Waals surface area contributed by atoms with Gasteiger partial charge in [0, 0.05) is 16.8 Å². The van der Waals surface area contributed by atoms with E-state index >= 15 is 0 Å². The Morgan fingerprint density at radius 1 is 1.20 bits per heavy atom. The van der Waals surface area contributed by atoms with Crippen LogP contribution in [0, 0.1) is 6.92 Å². The third-order valence-electron chi connectivity index (χ3n) is 3.98. The van der Waals surface area contributed by atoms with Gasteiger partial charge in [-0.05, 0) is 36.6 Å². The summed E-state index contributed by atoms with van der Waals surface area (Å²) in [7, 11) is 0. The van der Waals surface area contributed by atoms with Gasteiger partial charge in [0.25, 0.3) is 5.91 Å². The molecule has 1 aliphatic rings. The first-order chi connectivity index (χ1) is 9.63. The Kier molecular flexibility index (Phi) is 2.97. The van der Waals surface area contributed by atoms with Crippen LogP contribution in [-0.4, -0.2) is 5.91 Å². The molecule has 1 aliphatic heterocycles. The third-order valence-corrected chi connectivity index (χ3v) is 3.98. The molecule has 2 aromatic rings.